The molecule has 0 aromatic carbocycles. The molecule has 3 rings (SSSR count). The maximum atomic E-state index is 12.4. The number of carbonyl (C=O) groups excluding carboxylic acids is 1. The summed E-state index contributed by atoms with van der Waals surface area (Å²) in [6.07, 6.45) is 5.16. The van der Waals surface area contributed by atoms with Gasteiger partial charge in [-0.05, 0) is 30.7 Å². The van der Waals surface area contributed by atoms with Crippen LogP contribution in [0.25, 0.3) is 0 Å². The number of fused-ring (bicyclic) bond motifs is 1. The summed E-state index contributed by atoms with van der Waals surface area (Å²) >= 11 is 0. The van der Waals surface area contributed by atoms with Gasteiger partial charge in [-0.25, -0.2) is 0 Å². The van der Waals surface area contributed by atoms with Crippen molar-refractivity contribution in [3.63, 3.8) is 0 Å². The average Bonchev–Trinajstić information content (AvgIpc) is 2.90. The lowest BCUT2D eigenvalue weighted by atomic mass is 9.82. The van der Waals surface area contributed by atoms with Gasteiger partial charge < -0.3 is 9.64 Å². The molecule has 0 unspecified atom stereocenters. The van der Waals surface area contributed by atoms with E-state index in [1.807, 2.05) is 4.90 Å². The van der Waals surface area contributed by atoms with Crippen LogP contribution < -0.4 is 4.74 Å². The van der Waals surface area contributed by atoms with Crippen LogP contribution in [-0.2, 0) is 0 Å². The summed E-state index contributed by atoms with van der Waals surface area (Å²) in [6, 6.07) is 3.37. The van der Waals surface area contributed by atoms with E-state index in [4.69, 9.17) is 4.74 Å². The highest BCUT2D eigenvalue weighted by Gasteiger charge is 2.36. The first-order valence-corrected chi connectivity index (χ1v) is 6.95. The Kier molecular flexibility index (Phi) is 3.36. The minimum atomic E-state index is 0.00422. The highest BCUT2D eigenvalue weighted by Crippen LogP contribution is 2.36. The van der Waals surface area contributed by atoms with E-state index in [2.05, 4.69) is 10.2 Å². The van der Waals surface area contributed by atoms with E-state index in [0.29, 0.717) is 23.4 Å². The van der Waals surface area contributed by atoms with Crippen LogP contribution in [0.1, 0.15) is 36.2 Å². The van der Waals surface area contributed by atoms with Crippen LogP contribution in [0.5, 0.6) is 5.88 Å². The smallest absolute Gasteiger partial charge is 0.274 e. The van der Waals surface area contributed by atoms with Gasteiger partial charge >= 0.3 is 0 Å². The summed E-state index contributed by atoms with van der Waals surface area (Å²) in [5, 5.41) is 7.81. The maximum absolute atomic E-state index is 12.4. The number of ether oxygens (including phenoxy) is 1. The van der Waals surface area contributed by atoms with Crippen molar-refractivity contribution in [1.82, 2.24) is 15.1 Å². The molecule has 19 heavy (non-hydrogen) atoms. The number of methoxy groups -OCH3 is 1. The number of likely N-dealkylation sites (tertiary alicyclic amines) is 1. The molecule has 1 saturated carbocycles. The minimum absolute atomic E-state index is 0.00422. The van der Waals surface area contributed by atoms with E-state index >= 15 is 0 Å². The fraction of sp³-hybridized carbons (Fsp3) is 0.643. The maximum Gasteiger partial charge on any atom is 0.274 e. The lowest BCUT2D eigenvalue weighted by Gasteiger charge is -2.22. The van der Waals surface area contributed by atoms with Crippen LogP contribution in [0.15, 0.2) is 12.1 Å². The quantitative estimate of drug-likeness (QED) is 0.814. The fourth-order valence-corrected chi connectivity index (χ4v) is 3.28. The van der Waals surface area contributed by atoms with Gasteiger partial charge in [0.1, 0.15) is 0 Å². The van der Waals surface area contributed by atoms with E-state index in [9.17, 15) is 4.79 Å². The first-order valence-electron chi connectivity index (χ1n) is 6.95. The minimum Gasteiger partial charge on any atom is -0.480 e. The Morgan fingerprint density at radius 3 is 2.42 bits per heavy atom. The molecule has 1 aliphatic carbocycles. The third-order valence-electron chi connectivity index (χ3n) is 4.33. The Morgan fingerprint density at radius 1 is 1.21 bits per heavy atom. The van der Waals surface area contributed by atoms with Crippen molar-refractivity contribution < 1.29 is 9.53 Å². The van der Waals surface area contributed by atoms with E-state index in [-0.39, 0.29) is 5.91 Å². The lowest BCUT2D eigenvalue weighted by molar-refractivity contribution is 0.0776. The molecule has 1 aromatic rings. The summed E-state index contributed by atoms with van der Waals surface area (Å²) in [7, 11) is 1.54. The molecule has 5 heteroatoms. The monoisotopic (exact) mass is 261 g/mol. The second-order valence-electron chi connectivity index (χ2n) is 5.48. The van der Waals surface area contributed by atoms with Crippen LogP contribution in [0, 0.1) is 11.8 Å². The molecule has 1 aromatic heterocycles. The molecule has 0 N–H and O–H groups in total. The zero-order chi connectivity index (χ0) is 13.2. The summed E-state index contributed by atoms with van der Waals surface area (Å²) in [5.41, 5.74) is 0.416. The van der Waals surface area contributed by atoms with Crippen LogP contribution in [0.4, 0.5) is 0 Å². The molecule has 1 amide bonds. The summed E-state index contributed by atoms with van der Waals surface area (Å²) in [6.45, 7) is 1.77. The Labute approximate surface area is 113 Å². The Morgan fingerprint density at radius 2 is 1.89 bits per heavy atom. The third-order valence-corrected chi connectivity index (χ3v) is 4.33. The van der Waals surface area contributed by atoms with Crippen LogP contribution in [-0.4, -0.2) is 41.2 Å². The van der Waals surface area contributed by atoms with Gasteiger partial charge in [-0.1, -0.05) is 12.8 Å². The van der Waals surface area contributed by atoms with E-state index in [0.717, 1.165) is 13.1 Å². The molecule has 1 saturated heterocycles. The number of carbonyl (C=O) groups is 1. The topological polar surface area (TPSA) is 55.3 Å². The zero-order valence-corrected chi connectivity index (χ0v) is 11.2. The molecule has 2 atom stereocenters. The van der Waals surface area contributed by atoms with Gasteiger partial charge in [-0.2, -0.15) is 0 Å². The van der Waals surface area contributed by atoms with Gasteiger partial charge in [0.2, 0.25) is 5.88 Å². The Bertz CT molecular complexity index is 446. The number of hydrogen-bond donors (Lipinski definition) is 0. The van der Waals surface area contributed by atoms with Gasteiger partial charge in [-0.15, -0.1) is 10.2 Å². The third kappa shape index (κ3) is 2.41. The van der Waals surface area contributed by atoms with Gasteiger partial charge in [0.25, 0.3) is 5.91 Å². The van der Waals surface area contributed by atoms with Crippen molar-refractivity contribution >= 4 is 5.91 Å². The second kappa shape index (κ2) is 5.15. The fourth-order valence-electron chi connectivity index (χ4n) is 3.28. The van der Waals surface area contributed by atoms with E-state index < -0.39 is 0 Å². The van der Waals surface area contributed by atoms with Gasteiger partial charge in [0, 0.05) is 19.2 Å². The largest absolute Gasteiger partial charge is 0.480 e. The van der Waals surface area contributed by atoms with Crippen LogP contribution >= 0.6 is 0 Å². The normalized spacial score (nSPS) is 26.1. The average molecular weight is 261 g/mol. The molecular formula is C14H19N3O2. The molecule has 2 heterocycles. The highest BCUT2D eigenvalue weighted by molar-refractivity contribution is 5.92. The van der Waals surface area contributed by atoms with E-state index in [1.165, 1.54) is 32.8 Å². The summed E-state index contributed by atoms with van der Waals surface area (Å²) in [5.74, 6) is 1.84. The number of aromatic nitrogens is 2. The van der Waals surface area contributed by atoms with Crippen molar-refractivity contribution in [2.24, 2.45) is 11.8 Å². The highest BCUT2D eigenvalue weighted by atomic mass is 16.5. The van der Waals surface area contributed by atoms with Crippen molar-refractivity contribution in [3.05, 3.63) is 17.8 Å². The predicted octanol–water partition coefficient (Wildman–Crippen LogP) is 1.75. The Hall–Kier alpha value is -1.65. The van der Waals surface area contributed by atoms with Crippen molar-refractivity contribution in [2.75, 3.05) is 20.2 Å². The Balaban J connectivity index is 1.70. The first-order chi connectivity index (χ1) is 9.28. The number of nitrogens with zero attached hydrogens (tertiary/aromatic N) is 3. The molecular weight excluding hydrogens is 242 g/mol. The molecule has 102 valence electrons. The van der Waals surface area contributed by atoms with Crippen molar-refractivity contribution in [3.8, 4) is 5.88 Å². The van der Waals surface area contributed by atoms with Gasteiger partial charge in [0.05, 0.1) is 7.11 Å². The predicted molar refractivity (Wildman–Crippen MR) is 69.9 cm³/mol. The standard InChI is InChI=1S/C14H19N3O2/c1-19-13-7-6-12(15-16-13)14(18)17-8-10-4-2-3-5-11(10)9-17/h6-7,10-11H,2-5,8-9H2,1H3/t10-,11+. The SMILES string of the molecule is COc1ccc(C(=O)N2C[C@H]3CCCC[C@H]3C2)nn1. The van der Waals surface area contributed by atoms with Crippen molar-refractivity contribution in [2.45, 2.75) is 25.7 Å². The van der Waals surface area contributed by atoms with Crippen molar-refractivity contribution in [1.29, 1.82) is 0 Å². The van der Waals surface area contributed by atoms with Crippen LogP contribution in [0.3, 0.4) is 0 Å². The zero-order valence-electron chi connectivity index (χ0n) is 11.2. The number of amides is 1. The second-order valence-corrected chi connectivity index (χ2v) is 5.48. The van der Waals surface area contributed by atoms with Gasteiger partial charge in [0.15, 0.2) is 5.69 Å². The van der Waals surface area contributed by atoms with Crippen LogP contribution in [0.2, 0.25) is 0 Å². The molecule has 1 aliphatic heterocycles. The summed E-state index contributed by atoms with van der Waals surface area (Å²) in [4.78, 5) is 14.3. The number of hydrogen-bond acceptors (Lipinski definition) is 4. The van der Waals surface area contributed by atoms with Gasteiger partial charge in [-0.3, -0.25) is 4.79 Å². The molecule has 0 radical (unpaired) electrons. The molecule has 0 spiro atoms. The number of rotatable bonds is 2. The molecule has 0 bridgehead atoms. The van der Waals surface area contributed by atoms with E-state index in [1.54, 1.807) is 12.1 Å². The first kappa shape index (κ1) is 12.4. The molecule has 2 aliphatic rings. The molecule has 5 nitrogen and oxygen atoms in total. The summed E-state index contributed by atoms with van der Waals surface area (Å²) < 4.78 is 4.95. The molecule has 2 fully saturated rings. The lowest BCUT2D eigenvalue weighted by Crippen LogP contribution is -2.29.